The molecule has 0 N–H and O–H groups in total. The second-order valence-electron chi connectivity index (χ2n) is 5.30. The van der Waals surface area contributed by atoms with Gasteiger partial charge in [-0.3, -0.25) is 9.48 Å². The van der Waals surface area contributed by atoms with Gasteiger partial charge in [-0.1, -0.05) is 30.3 Å². The number of benzene rings is 1. The molecule has 1 aliphatic rings. The van der Waals surface area contributed by atoms with E-state index in [4.69, 9.17) is 0 Å². The molecule has 1 amide bonds. The topological polar surface area (TPSA) is 38.1 Å². The average molecular weight is 269 g/mol. The number of hydrogen-bond donors (Lipinski definition) is 0. The average Bonchev–Trinajstić information content (AvgIpc) is 3.09. The van der Waals surface area contributed by atoms with Crippen molar-refractivity contribution in [3.8, 4) is 11.3 Å². The molecule has 0 saturated carbocycles. The van der Waals surface area contributed by atoms with Gasteiger partial charge in [0, 0.05) is 25.2 Å². The van der Waals surface area contributed by atoms with Crippen molar-refractivity contribution in [2.24, 2.45) is 0 Å². The van der Waals surface area contributed by atoms with Gasteiger partial charge in [0.25, 0.3) is 0 Å². The van der Waals surface area contributed by atoms with Gasteiger partial charge in [-0.15, -0.1) is 0 Å². The molecule has 1 fully saturated rings. The first-order valence-electron chi connectivity index (χ1n) is 7.10. The minimum absolute atomic E-state index is 0.169. The molecule has 104 valence electrons. The Labute approximate surface area is 119 Å². The van der Waals surface area contributed by atoms with E-state index in [1.807, 2.05) is 40.0 Å². The van der Waals surface area contributed by atoms with Gasteiger partial charge in [0.1, 0.15) is 0 Å². The first-order valence-corrected chi connectivity index (χ1v) is 7.10. The van der Waals surface area contributed by atoms with Gasteiger partial charge < -0.3 is 4.90 Å². The summed E-state index contributed by atoms with van der Waals surface area (Å²) in [5, 5.41) is 4.62. The van der Waals surface area contributed by atoms with E-state index >= 15 is 0 Å². The predicted octanol–water partition coefficient (Wildman–Crippen LogP) is 2.56. The highest BCUT2D eigenvalue weighted by Crippen LogP contribution is 2.20. The maximum Gasteiger partial charge on any atom is 0.219 e. The molecule has 0 radical (unpaired) electrons. The quantitative estimate of drug-likeness (QED) is 0.859. The van der Waals surface area contributed by atoms with E-state index in [2.05, 4.69) is 17.2 Å². The van der Waals surface area contributed by atoms with E-state index in [9.17, 15) is 4.79 Å². The van der Waals surface area contributed by atoms with Crippen molar-refractivity contribution in [2.75, 3.05) is 6.54 Å². The summed E-state index contributed by atoms with van der Waals surface area (Å²) in [6.07, 6.45) is 4.16. The lowest BCUT2D eigenvalue weighted by molar-refractivity contribution is -0.129. The number of aromatic nitrogens is 2. The first-order chi connectivity index (χ1) is 9.74. The highest BCUT2D eigenvalue weighted by Gasteiger charge is 2.26. The fourth-order valence-corrected chi connectivity index (χ4v) is 2.88. The Morgan fingerprint density at radius 3 is 2.85 bits per heavy atom. The number of hydrogen-bond acceptors (Lipinski definition) is 2. The number of amides is 1. The smallest absolute Gasteiger partial charge is 0.219 e. The van der Waals surface area contributed by atoms with Crippen LogP contribution in [-0.4, -0.2) is 33.2 Å². The molecular weight excluding hydrogens is 250 g/mol. The van der Waals surface area contributed by atoms with Crippen LogP contribution < -0.4 is 0 Å². The van der Waals surface area contributed by atoms with Crippen molar-refractivity contribution >= 4 is 5.91 Å². The molecule has 4 nitrogen and oxygen atoms in total. The monoisotopic (exact) mass is 269 g/mol. The van der Waals surface area contributed by atoms with Gasteiger partial charge in [0.05, 0.1) is 18.3 Å². The zero-order valence-corrected chi connectivity index (χ0v) is 11.7. The predicted molar refractivity (Wildman–Crippen MR) is 78.1 cm³/mol. The molecule has 2 aromatic rings. The molecule has 3 rings (SSSR count). The van der Waals surface area contributed by atoms with Gasteiger partial charge in [-0.25, -0.2) is 0 Å². The lowest BCUT2D eigenvalue weighted by atomic mass is 10.2. The Balaban J connectivity index is 1.73. The standard InChI is InChI=1S/C16H19N3O/c1-13(20)19-10-5-8-15(19)12-18-11-9-16(17-18)14-6-3-2-4-7-14/h2-4,6-7,9,11,15H,5,8,10,12H2,1H3/t15-/m0/s1. The minimum atomic E-state index is 0.169. The van der Waals surface area contributed by atoms with Gasteiger partial charge in [-0.2, -0.15) is 5.10 Å². The van der Waals surface area contributed by atoms with Crippen LogP contribution in [0, 0.1) is 0 Å². The summed E-state index contributed by atoms with van der Waals surface area (Å²) < 4.78 is 1.95. The zero-order chi connectivity index (χ0) is 13.9. The van der Waals surface area contributed by atoms with E-state index in [0.29, 0.717) is 0 Å². The molecule has 1 aliphatic heterocycles. The zero-order valence-electron chi connectivity index (χ0n) is 11.7. The van der Waals surface area contributed by atoms with Crippen LogP contribution in [0.25, 0.3) is 11.3 Å². The van der Waals surface area contributed by atoms with E-state index in [0.717, 1.165) is 37.2 Å². The van der Waals surface area contributed by atoms with Crippen molar-refractivity contribution in [2.45, 2.75) is 32.4 Å². The summed E-state index contributed by atoms with van der Waals surface area (Å²) in [5.41, 5.74) is 2.11. The van der Waals surface area contributed by atoms with Gasteiger partial charge >= 0.3 is 0 Å². The Kier molecular flexibility index (Phi) is 3.54. The van der Waals surface area contributed by atoms with E-state index in [1.165, 1.54) is 0 Å². The maximum absolute atomic E-state index is 11.6. The van der Waals surface area contributed by atoms with Gasteiger partial charge in [0.15, 0.2) is 0 Å². The van der Waals surface area contributed by atoms with E-state index < -0.39 is 0 Å². The molecule has 0 bridgehead atoms. The number of carbonyl (C=O) groups excluding carboxylic acids is 1. The van der Waals surface area contributed by atoms with Crippen LogP contribution in [-0.2, 0) is 11.3 Å². The summed E-state index contributed by atoms with van der Waals surface area (Å²) in [5.74, 6) is 0.169. The van der Waals surface area contributed by atoms with Crippen LogP contribution in [0.15, 0.2) is 42.6 Å². The highest BCUT2D eigenvalue weighted by molar-refractivity contribution is 5.73. The highest BCUT2D eigenvalue weighted by atomic mass is 16.2. The molecule has 4 heteroatoms. The summed E-state index contributed by atoms with van der Waals surface area (Å²) in [7, 11) is 0. The van der Waals surface area contributed by atoms with E-state index in [-0.39, 0.29) is 11.9 Å². The molecule has 1 aromatic carbocycles. The molecule has 0 unspecified atom stereocenters. The third-order valence-electron chi connectivity index (χ3n) is 3.89. The Morgan fingerprint density at radius 1 is 1.30 bits per heavy atom. The number of likely N-dealkylation sites (tertiary alicyclic amines) is 1. The Bertz CT molecular complexity index is 591. The SMILES string of the molecule is CC(=O)N1CCC[C@H]1Cn1ccc(-c2ccccc2)n1. The van der Waals surface area contributed by atoms with E-state index in [1.54, 1.807) is 6.92 Å². The molecule has 1 saturated heterocycles. The summed E-state index contributed by atoms with van der Waals surface area (Å²) in [6, 6.07) is 12.5. The fraction of sp³-hybridized carbons (Fsp3) is 0.375. The largest absolute Gasteiger partial charge is 0.338 e. The molecule has 1 aromatic heterocycles. The van der Waals surface area contributed by atoms with Crippen LogP contribution in [0.4, 0.5) is 0 Å². The third-order valence-corrected chi connectivity index (χ3v) is 3.89. The first kappa shape index (κ1) is 12.9. The molecule has 0 spiro atoms. The third kappa shape index (κ3) is 2.59. The van der Waals surface area contributed by atoms with Crippen LogP contribution >= 0.6 is 0 Å². The maximum atomic E-state index is 11.6. The number of nitrogens with zero attached hydrogens (tertiary/aromatic N) is 3. The van der Waals surface area contributed by atoms with Crippen molar-refractivity contribution in [1.29, 1.82) is 0 Å². The van der Waals surface area contributed by atoms with Gasteiger partial charge in [0.2, 0.25) is 5.91 Å². The van der Waals surface area contributed by atoms with Crippen LogP contribution in [0.5, 0.6) is 0 Å². The summed E-state index contributed by atoms with van der Waals surface area (Å²) in [6.45, 7) is 3.32. The number of carbonyl (C=O) groups is 1. The number of rotatable bonds is 3. The minimum Gasteiger partial charge on any atom is -0.338 e. The fourth-order valence-electron chi connectivity index (χ4n) is 2.88. The van der Waals surface area contributed by atoms with Crippen molar-refractivity contribution in [3.05, 3.63) is 42.6 Å². The second kappa shape index (κ2) is 5.49. The van der Waals surface area contributed by atoms with Crippen molar-refractivity contribution in [1.82, 2.24) is 14.7 Å². The molecule has 0 aliphatic carbocycles. The normalized spacial score (nSPS) is 18.4. The van der Waals surface area contributed by atoms with Gasteiger partial charge in [-0.05, 0) is 18.9 Å². The molecular formula is C16H19N3O. The molecule has 2 heterocycles. The molecule has 1 atom stereocenters. The summed E-state index contributed by atoms with van der Waals surface area (Å²) >= 11 is 0. The lowest BCUT2D eigenvalue weighted by Gasteiger charge is -2.23. The Hall–Kier alpha value is -2.10. The summed E-state index contributed by atoms with van der Waals surface area (Å²) in [4.78, 5) is 13.5. The van der Waals surface area contributed by atoms with Crippen molar-refractivity contribution in [3.63, 3.8) is 0 Å². The van der Waals surface area contributed by atoms with Crippen LogP contribution in [0.3, 0.4) is 0 Å². The van der Waals surface area contributed by atoms with Crippen LogP contribution in [0.2, 0.25) is 0 Å². The van der Waals surface area contributed by atoms with Crippen molar-refractivity contribution < 1.29 is 4.79 Å². The van der Waals surface area contributed by atoms with Crippen LogP contribution in [0.1, 0.15) is 19.8 Å². The Morgan fingerprint density at radius 2 is 2.10 bits per heavy atom. The molecule has 20 heavy (non-hydrogen) atoms. The lowest BCUT2D eigenvalue weighted by Crippen LogP contribution is -2.36. The second-order valence-corrected chi connectivity index (χ2v) is 5.30.